The lowest BCUT2D eigenvalue weighted by molar-refractivity contribution is 0.119. The lowest BCUT2D eigenvalue weighted by atomic mass is 9.92. The minimum atomic E-state index is 0. The number of aromatic nitrogens is 1. The number of halogens is 1. The fourth-order valence-corrected chi connectivity index (χ4v) is 4.83. The molecule has 2 heterocycles. The molecule has 1 aromatic heterocycles. The number of guanidine groups is 1. The van der Waals surface area contributed by atoms with Crippen LogP contribution in [-0.4, -0.2) is 54.6 Å². The lowest BCUT2D eigenvalue weighted by Crippen LogP contribution is -2.51. The predicted molar refractivity (Wildman–Crippen MR) is 122 cm³/mol. The van der Waals surface area contributed by atoms with Crippen molar-refractivity contribution in [2.75, 3.05) is 26.7 Å². The van der Waals surface area contributed by atoms with Gasteiger partial charge in [0, 0.05) is 56.3 Å². The molecule has 1 aliphatic heterocycles. The van der Waals surface area contributed by atoms with Crippen molar-refractivity contribution in [2.24, 2.45) is 4.99 Å². The molecule has 5 nitrogen and oxygen atoms in total. The Bertz CT molecular complexity index is 548. The highest BCUT2D eigenvalue weighted by atomic mass is 127. The molecule has 0 atom stereocenters. The number of hydrogen-bond acceptors (Lipinski definition) is 4. The molecule has 0 aromatic carbocycles. The van der Waals surface area contributed by atoms with Crippen molar-refractivity contribution in [2.45, 2.75) is 70.4 Å². The van der Waals surface area contributed by atoms with Gasteiger partial charge in [-0.3, -0.25) is 4.99 Å². The molecule has 1 aliphatic carbocycles. The highest BCUT2D eigenvalue weighted by Gasteiger charge is 2.26. The van der Waals surface area contributed by atoms with Gasteiger partial charge in [0.15, 0.2) is 5.96 Å². The second-order valence-corrected chi connectivity index (χ2v) is 8.68. The third kappa shape index (κ3) is 6.64. The largest absolute Gasteiger partial charge is 0.356 e. The van der Waals surface area contributed by atoms with Crippen molar-refractivity contribution in [1.29, 1.82) is 0 Å². The SMILES string of the molecule is CN=C(NCCc1ncc(C)s1)NC1CCN(C2CCCCC2)CC1.I. The van der Waals surface area contributed by atoms with Crippen LogP contribution in [0, 0.1) is 6.92 Å². The minimum Gasteiger partial charge on any atom is -0.356 e. The first-order valence-corrected chi connectivity index (χ1v) is 10.7. The van der Waals surface area contributed by atoms with Crippen LogP contribution >= 0.6 is 35.3 Å². The average Bonchev–Trinajstić information content (AvgIpc) is 3.07. The van der Waals surface area contributed by atoms with Gasteiger partial charge in [0.2, 0.25) is 0 Å². The number of aryl methyl sites for hydroxylation is 1. The number of likely N-dealkylation sites (tertiary alicyclic amines) is 1. The molecule has 1 aromatic rings. The Labute approximate surface area is 179 Å². The molecule has 26 heavy (non-hydrogen) atoms. The quantitative estimate of drug-likeness (QED) is 0.376. The van der Waals surface area contributed by atoms with Crippen LogP contribution < -0.4 is 10.6 Å². The summed E-state index contributed by atoms with van der Waals surface area (Å²) in [5.41, 5.74) is 0. The summed E-state index contributed by atoms with van der Waals surface area (Å²) in [6.45, 7) is 5.46. The van der Waals surface area contributed by atoms with E-state index in [4.69, 9.17) is 0 Å². The number of piperidine rings is 1. The fourth-order valence-electron chi connectivity index (χ4n) is 4.05. The molecule has 7 heteroatoms. The maximum absolute atomic E-state index is 4.42. The number of hydrogen-bond donors (Lipinski definition) is 2. The molecule has 1 saturated heterocycles. The summed E-state index contributed by atoms with van der Waals surface area (Å²) in [5.74, 6) is 0.935. The van der Waals surface area contributed by atoms with E-state index < -0.39 is 0 Å². The first-order chi connectivity index (χ1) is 12.2. The summed E-state index contributed by atoms with van der Waals surface area (Å²) in [5, 5.41) is 8.25. The van der Waals surface area contributed by atoms with Crippen LogP contribution in [0.5, 0.6) is 0 Å². The van der Waals surface area contributed by atoms with Crippen molar-refractivity contribution in [3.05, 3.63) is 16.1 Å². The number of rotatable bonds is 5. The summed E-state index contributed by atoms with van der Waals surface area (Å²) in [4.78, 5) is 12.8. The third-order valence-corrected chi connectivity index (χ3v) is 6.46. The zero-order valence-electron chi connectivity index (χ0n) is 16.2. The van der Waals surface area contributed by atoms with Crippen LogP contribution in [0.2, 0.25) is 0 Å². The second kappa shape index (κ2) is 11.4. The molecule has 1 saturated carbocycles. The van der Waals surface area contributed by atoms with Gasteiger partial charge in [0.1, 0.15) is 0 Å². The van der Waals surface area contributed by atoms with E-state index in [9.17, 15) is 0 Å². The van der Waals surface area contributed by atoms with Crippen LogP contribution in [0.15, 0.2) is 11.2 Å². The van der Waals surface area contributed by atoms with Gasteiger partial charge in [-0.15, -0.1) is 35.3 Å². The molecule has 2 N–H and O–H groups in total. The Morgan fingerprint density at radius 1 is 1.23 bits per heavy atom. The third-order valence-electron chi connectivity index (χ3n) is 5.49. The van der Waals surface area contributed by atoms with E-state index in [1.54, 1.807) is 11.3 Å². The molecular formula is C19H34IN5S. The summed E-state index contributed by atoms with van der Waals surface area (Å²) < 4.78 is 0. The molecule has 2 aliphatic rings. The summed E-state index contributed by atoms with van der Waals surface area (Å²) in [7, 11) is 1.86. The standard InChI is InChI=1S/C19H33N5S.HI/c1-15-14-22-18(25-15)8-11-21-19(20-2)23-16-9-12-24(13-10-16)17-6-4-3-5-7-17;/h14,16-17H,3-13H2,1-2H3,(H2,20,21,23);1H. The molecule has 0 spiro atoms. The van der Waals surface area contributed by atoms with Gasteiger partial charge >= 0.3 is 0 Å². The number of thiazole rings is 1. The Kier molecular flexibility index (Phi) is 9.63. The Morgan fingerprint density at radius 2 is 1.96 bits per heavy atom. The Morgan fingerprint density at radius 3 is 2.58 bits per heavy atom. The van der Waals surface area contributed by atoms with Crippen molar-refractivity contribution in [3.8, 4) is 0 Å². The number of nitrogens with one attached hydrogen (secondary N) is 2. The molecule has 0 amide bonds. The van der Waals surface area contributed by atoms with Crippen LogP contribution in [0.25, 0.3) is 0 Å². The first kappa shape index (κ1) is 21.9. The Hall–Kier alpha value is -0.410. The zero-order valence-corrected chi connectivity index (χ0v) is 19.3. The maximum atomic E-state index is 4.42. The zero-order chi connectivity index (χ0) is 17.5. The van der Waals surface area contributed by atoms with E-state index in [0.29, 0.717) is 6.04 Å². The van der Waals surface area contributed by atoms with Crippen LogP contribution in [0.3, 0.4) is 0 Å². The molecule has 0 bridgehead atoms. The number of nitrogens with zero attached hydrogens (tertiary/aromatic N) is 3. The van der Waals surface area contributed by atoms with E-state index in [1.165, 1.54) is 67.9 Å². The molecular weight excluding hydrogens is 457 g/mol. The maximum Gasteiger partial charge on any atom is 0.191 e. The van der Waals surface area contributed by atoms with E-state index in [0.717, 1.165) is 25.0 Å². The van der Waals surface area contributed by atoms with Crippen molar-refractivity contribution in [1.82, 2.24) is 20.5 Å². The lowest BCUT2D eigenvalue weighted by Gasteiger charge is -2.39. The van der Waals surface area contributed by atoms with E-state index in [1.807, 2.05) is 13.2 Å². The summed E-state index contributed by atoms with van der Waals surface area (Å²) in [6, 6.07) is 1.40. The molecule has 0 radical (unpaired) electrons. The molecule has 0 unspecified atom stereocenters. The van der Waals surface area contributed by atoms with Crippen LogP contribution in [0.1, 0.15) is 54.8 Å². The Balaban J connectivity index is 0.00000243. The summed E-state index contributed by atoms with van der Waals surface area (Å²) in [6.07, 6.45) is 12.5. The number of aliphatic imine (C=N–C) groups is 1. The molecule has 2 fully saturated rings. The van der Waals surface area contributed by atoms with E-state index in [2.05, 4.69) is 32.4 Å². The monoisotopic (exact) mass is 491 g/mol. The van der Waals surface area contributed by atoms with Gasteiger partial charge in [-0.05, 0) is 32.6 Å². The highest BCUT2D eigenvalue weighted by Crippen LogP contribution is 2.25. The van der Waals surface area contributed by atoms with Gasteiger partial charge in [-0.25, -0.2) is 4.98 Å². The van der Waals surface area contributed by atoms with E-state index >= 15 is 0 Å². The van der Waals surface area contributed by atoms with E-state index in [-0.39, 0.29) is 24.0 Å². The van der Waals surface area contributed by atoms with Gasteiger partial charge in [-0.2, -0.15) is 0 Å². The van der Waals surface area contributed by atoms with Gasteiger partial charge in [-0.1, -0.05) is 19.3 Å². The topological polar surface area (TPSA) is 52.6 Å². The normalized spacial score (nSPS) is 20.6. The fraction of sp³-hybridized carbons (Fsp3) is 0.789. The minimum absolute atomic E-state index is 0. The molecule has 148 valence electrons. The van der Waals surface area contributed by atoms with Gasteiger partial charge in [0.25, 0.3) is 0 Å². The highest BCUT2D eigenvalue weighted by molar-refractivity contribution is 14.0. The van der Waals surface area contributed by atoms with Gasteiger partial charge < -0.3 is 15.5 Å². The van der Waals surface area contributed by atoms with Gasteiger partial charge in [0.05, 0.1) is 5.01 Å². The summed E-state index contributed by atoms with van der Waals surface area (Å²) >= 11 is 1.78. The predicted octanol–water partition coefficient (Wildman–Crippen LogP) is 3.57. The van der Waals surface area contributed by atoms with Crippen LogP contribution in [0.4, 0.5) is 0 Å². The first-order valence-electron chi connectivity index (χ1n) is 9.87. The average molecular weight is 491 g/mol. The second-order valence-electron chi connectivity index (χ2n) is 7.36. The van der Waals surface area contributed by atoms with Crippen molar-refractivity contribution >= 4 is 41.3 Å². The molecule has 3 rings (SSSR count). The van der Waals surface area contributed by atoms with Crippen LogP contribution in [-0.2, 0) is 6.42 Å². The van der Waals surface area contributed by atoms with Crippen molar-refractivity contribution in [3.63, 3.8) is 0 Å². The smallest absolute Gasteiger partial charge is 0.191 e. The van der Waals surface area contributed by atoms with Crippen molar-refractivity contribution < 1.29 is 0 Å².